The van der Waals surface area contributed by atoms with Crippen molar-refractivity contribution in [3.8, 4) is 0 Å². The molecule has 0 atom stereocenters. The zero-order valence-corrected chi connectivity index (χ0v) is 9.02. The Kier molecular flexibility index (Phi) is 2.44. The molecule has 0 radical (unpaired) electrons. The number of aromatic amines is 1. The average molecular weight is 217 g/mol. The summed E-state index contributed by atoms with van der Waals surface area (Å²) in [6.45, 7) is 0. The summed E-state index contributed by atoms with van der Waals surface area (Å²) in [7, 11) is 3.34. The number of benzene rings is 1. The molecule has 0 aliphatic rings. The van der Waals surface area contributed by atoms with E-state index in [1.54, 1.807) is 32.3 Å². The summed E-state index contributed by atoms with van der Waals surface area (Å²) in [6, 6.07) is 5.05. The zero-order chi connectivity index (χ0) is 11.7. The monoisotopic (exact) mass is 217 g/mol. The van der Waals surface area contributed by atoms with Crippen molar-refractivity contribution in [1.82, 2.24) is 15.1 Å². The Hall–Kier alpha value is -2.17. The van der Waals surface area contributed by atoms with E-state index in [1.807, 2.05) is 0 Å². The molecule has 2 aromatic rings. The number of H-pyrrole nitrogens is 1. The molecule has 1 aromatic heterocycles. The Morgan fingerprint density at radius 2 is 2.19 bits per heavy atom. The fraction of sp³-hybridized carbons (Fsp3) is 0.182. The first-order valence-corrected chi connectivity index (χ1v) is 4.78. The van der Waals surface area contributed by atoms with Crippen molar-refractivity contribution in [2.75, 3.05) is 14.1 Å². The molecule has 16 heavy (non-hydrogen) atoms. The maximum absolute atomic E-state index is 11.7. The van der Waals surface area contributed by atoms with E-state index in [-0.39, 0.29) is 5.91 Å². The SMILES string of the molecule is CN(C)C(=O)c1n[nH]c2cc(C=O)ccc12. The van der Waals surface area contributed by atoms with Crippen LogP contribution < -0.4 is 0 Å². The van der Waals surface area contributed by atoms with E-state index in [1.165, 1.54) is 4.90 Å². The van der Waals surface area contributed by atoms with Gasteiger partial charge in [-0.15, -0.1) is 0 Å². The van der Waals surface area contributed by atoms with Gasteiger partial charge in [0.05, 0.1) is 5.52 Å². The molecule has 0 aliphatic heterocycles. The van der Waals surface area contributed by atoms with Gasteiger partial charge in [-0.3, -0.25) is 14.7 Å². The van der Waals surface area contributed by atoms with Crippen LogP contribution in [0.1, 0.15) is 20.8 Å². The predicted octanol–water partition coefficient (Wildman–Crippen LogP) is 1.08. The molecule has 0 saturated carbocycles. The quantitative estimate of drug-likeness (QED) is 0.765. The van der Waals surface area contributed by atoms with Crippen molar-refractivity contribution >= 4 is 23.1 Å². The van der Waals surface area contributed by atoms with Gasteiger partial charge in [0.1, 0.15) is 6.29 Å². The highest BCUT2D eigenvalue weighted by Crippen LogP contribution is 2.17. The van der Waals surface area contributed by atoms with E-state index in [9.17, 15) is 9.59 Å². The molecule has 82 valence electrons. The number of nitrogens with one attached hydrogen (secondary N) is 1. The molecule has 0 unspecified atom stereocenters. The van der Waals surface area contributed by atoms with E-state index in [0.717, 1.165) is 11.7 Å². The summed E-state index contributed by atoms with van der Waals surface area (Å²) in [5.74, 6) is -0.162. The number of nitrogens with zero attached hydrogens (tertiary/aromatic N) is 2. The summed E-state index contributed by atoms with van der Waals surface area (Å²) in [6.07, 6.45) is 0.758. The van der Waals surface area contributed by atoms with Crippen LogP contribution in [0.15, 0.2) is 18.2 Å². The highest BCUT2D eigenvalue weighted by atomic mass is 16.2. The predicted molar refractivity (Wildman–Crippen MR) is 59.5 cm³/mol. The molecule has 0 aliphatic carbocycles. The van der Waals surface area contributed by atoms with Crippen LogP contribution in [0.2, 0.25) is 0 Å². The number of hydrogen-bond acceptors (Lipinski definition) is 3. The largest absolute Gasteiger partial charge is 0.343 e. The van der Waals surface area contributed by atoms with Crippen molar-refractivity contribution < 1.29 is 9.59 Å². The number of aldehydes is 1. The topological polar surface area (TPSA) is 66.1 Å². The molecule has 5 heteroatoms. The van der Waals surface area contributed by atoms with Gasteiger partial charge in [0.15, 0.2) is 5.69 Å². The third kappa shape index (κ3) is 1.56. The summed E-state index contributed by atoms with van der Waals surface area (Å²) >= 11 is 0. The van der Waals surface area contributed by atoms with Gasteiger partial charge in [-0.25, -0.2) is 0 Å². The maximum atomic E-state index is 11.7. The number of rotatable bonds is 2. The minimum Gasteiger partial charge on any atom is -0.343 e. The van der Waals surface area contributed by atoms with E-state index in [4.69, 9.17) is 0 Å². The van der Waals surface area contributed by atoms with Crippen LogP contribution in [-0.2, 0) is 0 Å². The van der Waals surface area contributed by atoms with Gasteiger partial charge >= 0.3 is 0 Å². The van der Waals surface area contributed by atoms with Crippen LogP contribution in [-0.4, -0.2) is 41.4 Å². The second-order valence-corrected chi connectivity index (χ2v) is 3.69. The van der Waals surface area contributed by atoms with Gasteiger partial charge in [-0.1, -0.05) is 6.07 Å². The summed E-state index contributed by atoms with van der Waals surface area (Å²) < 4.78 is 0. The zero-order valence-electron chi connectivity index (χ0n) is 9.02. The van der Waals surface area contributed by atoms with Crippen LogP contribution in [0, 0.1) is 0 Å². The van der Waals surface area contributed by atoms with Crippen LogP contribution in [0.25, 0.3) is 10.9 Å². The molecule has 0 bridgehead atoms. The molecule has 1 aromatic carbocycles. The van der Waals surface area contributed by atoms with Crippen LogP contribution >= 0.6 is 0 Å². The Morgan fingerprint density at radius 1 is 1.44 bits per heavy atom. The first kappa shape index (κ1) is 10.4. The fourth-order valence-electron chi connectivity index (χ4n) is 1.49. The van der Waals surface area contributed by atoms with Gasteiger partial charge < -0.3 is 4.90 Å². The number of amides is 1. The van der Waals surface area contributed by atoms with Gasteiger partial charge in [0.2, 0.25) is 0 Å². The number of carbonyl (C=O) groups is 2. The van der Waals surface area contributed by atoms with E-state index < -0.39 is 0 Å². The summed E-state index contributed by atoms with van der Waals surface area (Å²) in [5.41, 5.74) is 1.62. The Balaban J connectivity index is 2.58. The minimum absolute atomic E-state index is 0.162. The standard InChI is InChI=1S/C11H11N3O2/c1-14(2)11(16)10-8-4-3-7(6-15)5-9(8)12-13-10/h3-6H,1-2H3,(H,12,13). The van der Waals surface area contributed by atoms with Gasteiger partial charge in [-0.05, 0) is 12.1 Å². The highest BCUT2D eigenvalue weighted by molar-refractivity contribution is 6.05. The van der Waals surface area contributed by atoms with Crippen molar-refractivity contribution in [3.05, 3.63) is 29.5 Å². The Bertz CT molecular complexity index is 557. The number of fused-ring (bicyclic) bond motifs is 1. The molecule has 1 amide bonds. The number of carbonyl (C=O) groups excluding carboxylic acids is 2. The third-order valence-corrected chi connectivity index (χ3v) is 2.33. The van der Waals surface area contributed by atoms with E-state index in [2.05, 4.69) is 10.2 Å². The summed E-state index contributed by atoms with van der Waals surface area (Å²) in [4.78, 5) is 23.8. The third-order valence-electron chi connectivity index (χ3n) is 2.33. The first-order chi connectivity index (χ1) is 7.63. The van der Waals surface area contributed by atoms with E-state index in [0.29, 0.717) is 16.8 Å². The lowest BCUT2D eigenvalue weighted by Crippen LogP contribution is -2.22. The average Bonchev–Trinajstić information content (AvgIpc) is 2.70. The molecule has 1 heterocycles. The molecule has 1 N–H and O–H groups in total. The van der Waals surface area contributed by atoms with Crippen molar-refractivity contribution in [1.29, 1.82) is 0 Å². The summed E-state index contributed by atoms with van der Waals surface area (Å²) in [5, 5.41) is 7.43. The lowest BCUT2D eigenvalue weighted by molar-refractivity contribution is 0.0823. The molecular weight excluding hydrogens is 206 g/mol. The minimum atomic E-state index is -0.162. The van der Waals surface area contributed by atoms with Gasteiger partial charge in [-0.2, -0.15) is 5.10 Å². The Morgan fingerprint density at radius 3 is 2.81 bits per heavy atom. The van der Waals surface area contributed by atoms with Gasteiger partial charge in [0.25, 0.3) is 5.91 Å². The maximum Gasteiger partial charge on any atom is 0.274 e. The molecule has 5 nitrogen and oxygen atoms in total. The molecular formula is C11H11N3O2. The molecule has 2 rings (SSSR count). The van der Waals surface area contributed by atoms with Gasteiger partial charge in [0, 0.05) is 25.0 Å². The van der Waals surface area contributed by atoms with E-state index >= 15 is 0 Å². The normalized spacial score (nSPS) is 10.4. The van der Waals surface area contributed by atoms with Crippen molar-refractivity contribution in [2.45, 2.75) is 0 Å². The second-order valence-electron chi connectivity index (χ2n) is 3.69. The fourth-order valence-corrected chi connectivity index (χ4v) is 1.49. The molecule has 0 saturated heterocycles. The lowest BCUT2D eigenvalue weighted by atomic mass is 10.1. The number of hydrogen-bond donors (Lipinski definition) is 1. The smallest absolute Gasteiger partial charge is 0.274 e. The number of aromatic nitrogens is 2. The van der Waals surface area contributed by atoms with Crippen LogP contribution in [0.5, 0.6) is 0 Å². The Labute approximate surface area is 92.1 Å². The highest BCUT2D eigenvalue weighted by Gasteiger charge is 2.15. The molecule has 0 fully saturated rings. The molecule has 0 spiro atoms. The van der Waals surface area contributed by atoms with Crippen LogP contribution in [0.4, 0.5) is 0 Å². The lowest BCUT2D eigenvalue weighted by Gasteiger charge is -2.07. The second kappa shape index (κ2) is 3.77. The van der Waals surface area contributed by atoms with Crippen molar-refractivity contribution in [3.63, 3.8) is 0 Å². The van der Waals surface area contributed by atoms with Crippen LogP contribution in [0.3, 0.4) is 0 Å². The van der Waals surface area contributed by atoms with Crippen molar-refractivity contribution in [2.24, 2.45) is 0 Å². The first-order valence-electron chi connectivity index (χ1n) is 4.78.